The van der Waals surface area contributed by atoms with Crippen LogP contribution in [0.15, 0.2) is 0 Å². The summed E-state index contributed by atoms with van der Waals surface area (Å²) in [4.78, 5) is 0. The standard InChI is InChI=1S/C13H27NO/c1-5-14-13-7-6-10(2)8-12(13)9-11(3)15-4/h10-14H,5-9H2,1-4H3. The van der Waals surface area contributed by atoms with E-state index in [1.54, 1.807) is 0 Å². The maximum absolute atomic E-state index is 5.39. The van der Waals surface area contributed by atoms with E-state index in [1.807, 2.05) is 7.11 Å². The highest BCUT2D eigenvalue weighted by molar-refractivity contribution is 4.84. The minimum absolute atomic E-state index is 0.404. The SMILES string of the molecule is CCNC1CCC(C)CC1CC(C)OC. The van der Waals surface area contributed by atoms with Crippen molar-refractivity contribution in [2.45, 2.75) is 58.6 Å². The summed E-state index contributed by atoms with van der Waals surface area (Å²) in [6.45, 7) is 7.86. The number of methoxy groups -OCH3 is 1. The van der Waals surface area contributed by atoms with Gasteiger partial charge in [0.15, 0.2) is 0 Å². The van der Waals surface area contributed by atoms with Crippen molar-refractivity contribution in [1.29, 1.82) is 0 Å². The van der Waals surface area contributed by atoms with E-state index < -0.39 is 0 Å². The molecule has 4 unspecified atom stereocenters. The molecule has 90 valence electrons. The Labute approximate surface area is 94.8 Å². The lowest BCUT2D eigenvalue weighted by Gasteiger charge is -2.36. The molecule has 1 N–H and O–H groups in total. The molecule has 1 saturated carbocycles. The molecule has 1 aliphatic carbocycles. The van der Waals surface area contributed by atoms with Gasteiger partial charge < -0.3 is 10.1 Å². The highest BCUT2D eigenvalue weighted by atomic mass is 16.5. The largest absolute Gasteiger partial charge is 0.382 e. The predicted molar refractivity (Wildman–Crippen MR) is 65.1 cm³/mol. The van der Waals surface area contributed by atoms with E-state index in [2.05, 4.69) is 26.1 Å². The van der Waals surface area contributed by atoms with Crippen LogP contribution in [0.5, 0.6) is 0 Å². The van der Waals surface area contributed by atoms with Crippen molar-refractivity contribution >= 4 is 0 Å². The van der Waals surface area contributed by atoms with Crippen LogP contribution in [0, 0.1) is 11.8 Å². The molecule has 2 heteroatoms. The van der Waals surface area contributed by atoms with Gasteiger partial charge in [-0.2, -0.15) is 0 Å². The second-order valence-electron chi connectivity index (χ2n) is 5.12. The van der Waals surface area contributed by atoms with Crippen molar-refractivity contribution in [2.24, 2.45) is 11.8 Å². The first kappa shape index (κ1) is 13.0. The lowest BCUT2D eigenvalue weighted by Crippen LogP contribution is -2.41. The molecule has 1 fully saturated rings. The topological polar surface area (TPSA) is 21.3 Å². The lowest BCUT2D eigenvalue weighted by molar-refractivity contribution is 0.0723. The molecule has 2 nitrogen and oxygen atoms in total. The minimum atomic E-state index is 0.404. The highest BCUT2D eigenvalue weighted by Crippen LogP contribution is 2.32. The fourth-order valence-corrected chi connectivity index (χ4v) is 2.81. The fourth-order valence-electron chi connectivity index (χ4n) is 2.81. The summed E-state index contributed by atoms with van der Waals surface area (Å²) in [5.74, 6) is 1.71. The molecule has 0 bridgehead atoms. The van der Waals surface area contributed by atoms with Crippen LogP contribution in [0.25, 0.3) is 0 Å². The van der Waals surface area contributed by atoms with Gasteiger partial charge in [-0.1, -0.05) is 13.8 Å². The molecule has 0 spiro atoms. The van der Waals surface area contributed by atoms with E-state index in [4.69, 9.17) is 4.74 Å². The number of hydrogen-bond acceptors (Lipinski definition) is 2. The fraction of sp³-hybridized carbons (Fsp3) is 1.00. The van der Waals surface area contributed by atoms with Gasteiger partial charge in [-0.25, -0.2) is 0 Å². The molecule has 0 aromatic rings. The van der Waals surface area contributed by atoms with Gasteiger partial charge in [-0.3, -0.25) is 0 Å². The third kappa shape index (κ3) is 4.12. The van der Waals surface area contributed by atoms with Gasteiger partial charge in [0.05, 0.1) is 6.10 Å². The smallest absolute Gasteiger partial charge is 0.0546 e. The van der Waals surface area contributed by atoms with Crippen LogP contribution < -0.4 is 5.32 Å². The molecule has 0 heterocycles. The van der Waals surface area contributed by atoms with Crippen LogP contribution in [0.4, 0.5) is 0 Å². The first-order valence-corrected chi connectivity index (χ1v) is 6.43. The summed E-state index contributed by atoms with van der Waals surface area (Å²) >= 11 is 0. The molecular weight excluding hydrogens is 186 g/mol. The lowest BCUT2D eigenvalue weighted by atomic mass is 9.76. The van der Waals surface area contributed by atoms with E-state index in [0.717, 1.165) is 24.4 Å². The van der Waals surface area contributed by atoms with Crippen molar-refractivity contribution in [3.63, 3.8) is 0 Å². The molecular formula is C13H27NO. The second kappa shape index (κ2) is 6.49. The Kier molecular flexibility index (Phi) is 5.62. The number of rotatable bonds is 5. The average Bonchev–Trinajstić information content (AvgIpc) is 2.22. The highest BCUT2D eigenvalue weighted by Gasteiger charge is 2.28. The first-order chi connectivity index (χ1) is 7.17. The normalized spacial score (nSPS) is 34.0. The van der Waals surface area contributed by atoms with Crippen LogP contribution >= 0.6 is 0 Å². The molecule has 0 aromatic carbocycles. The van der Waals surface area contributed by atoms with E-state index in [9.17, 15) is 0 Å². The molecule has 0 aliphatic heterocycles. The molecule has 15 heavy (non-hydrogen) atoms. The maximum Gasteiger partial charge on any atom is 0.0546 e. The third-order valence-corrected chi connectivity index (χ3v) is 3.75. The van der Waals surface area contributed by atoms with Crippen LogP contribution in [-0.4, -0.2) is 25.8 Å². The Hall–Kier alpha value is -0.0800. The Bertz CT molecular complexity index is 172. The molecule has 1 rings (SSSR count). The van der Waals surface area contributed by atoms with E-state index in [-0.39, 0.29) is 0 Å². The Morgan fingerprint density at radius 2 is 2.13 bits per heavy atom. The average molecular weight is 213 g/mol. The quantitative estimate of drug-likeness (QED) is 0.758. The van der Waals surface area contributed by atoms with Crippen molar-refractivity contribution in [1.82, 2.24) is 5.32 Å². The van der Waals surface area contributed by atoms with Gasteiger partial charge >= 0.3 is 0 Å². The van der Waals surface area contributed by atoms with Gasteiger partial charge in [-0.15, -0.1) is 0 Å². The maximum atomic E-state index is 5.39. The van der Waals surface area contributed by atoms with Gasteiger partial charge in [0, 0.05) is 13.2 Å². The summed E-state index contributed by atoms with van der Waals surface area (Å²) in [7, 11) is 1.82. The van der Waals surface area contributed by atoms with Crippen LogP contribution in [0.1, 0.15) is 46.5 Å². The molecule has 1 aliphatic rings. The second-order valence-corrected chi connectivity index (χ2v) is 5.12. The van der Waals surface area contributed by atoms with Gasteiger partial charge in [-0.05, 0) is 51.0 Å². The number of nitrogens with one attached hydrogen (secondary N) is 1. The van der Waals surface area contributed by atoms with E-state index in [0.29, 0.717) is 6.10 Å². The zero-order valence-electron chi connectivity index (χ0n) is 10.8. The van der Waals surface area contributed by atoms with Gasteiger partial charge in [0.2, 0.25) is 0 Å². The van der Waals surface area contributed by atoms with Crippen molar-refractivity contribution in [3.05, 3.63) is 0 Å². The zero-order valence-corrected chi connectivity index (χ0v) is 10.8. The Morgan fingerprint density at radius 1 is 1.40 bits per heavy atom. The third-order valence-electron chi connectivity index (χ3n) is 3.75. The monoisotopic (exact) mass is 213 g/mol. The van der Waals surface area contributed by atoms with Crippen LogP contribution in [0.3, 0.4) is 0 Å². The molecule has 0 aromatic heterocycles. The van der Waals surface area contributed by atoms with Crippen molar-refractivity contribution in [3.8, 4) is 0 Å². The first-order valence-electron chi connectivity index (χ1n) is 6.43. The molecule has 0 amide bonds. The van der Waals surface area contributed by atoms with E-state index in [1.165, 1.54) is 25.7 Å². The zero-order chi connectivity index (χ0) is 11.3. The molecule has 0 saturated heterocycles. The van der Waals surface area contributed by atoms with E-state index >= 15 is 0 Å². The summed E-state index contributed by atoms with van der Waals surface area (Å²) < 4.78 is 5.39. The summed E-state index contributed by atoms with van der Waals surface area (Å²) in [5, 5.41) is 3.63. The Morgan fingerprint density at radius 3 is 2.73 bits per heavy atom. The number of ether oxygens (including phenoxy) is 1. The number of hydrogen-bond donors (Lipinski definition) is 1. The Balaban J connectivity index is 2.45. The van der Waals surface area contributed by atoms with Gasteiger partial charge in [0.25, 0.3) is 0 Å². The van der Waals surface area contributed by atoms with Gasteiger partial charge in [0.1, 0.15) is 0 Å². The summed E-state index contributed by atoms with van der Waals surface area (Å²) in [6, 6.07) is 0.726. The minimum Gasteiger partial charge on any atom is -0.382 e. The van der Waals surface area contributed by atoms with Crippen molar-refractivity contribution in [2.75, 3.05) is 13.7 Å². The molecule has 0 radical (unpaired) electrons. The van der Waals surface area contributed by atoms with Crippen LogP contribution in [0.2, 0.25) is 0 Å². The van der Waals surface area contributed by atoms with Crippen molar-refractivity contribution < 1.29 is 4.74 Å². The van der Waals surface area contributed by atoms with Crippen LogP contribution in [-0.2, 0) is 4.74 Å². The summed E-state index contributed by atoms with van der Waals surface area (Å²) in [6.07, 6.45) is 5.71. The predicted octanol–water partition coefficient (Wildman–Crippen LogP) is 2.83. The molecule has 4 atom stereocenters. The summed E-state index contributed by atoms with van der Waals surface area (Å²) in [5.41, 5.74) is 0.